The molecule has 0 saturated carbocycles. The summed E-state index contributed by atoms with van der Waals surface area (Å²) in [5.74, 6) is -1.50. The first kappa shape index (κ1) is 36.4. The van der Waals surface area contributed by atoms with Crippen molar-refractivity contribution in [3.8, 4) is 34.3 Å². The summed E-state index contributed by atoms with van der Waals surface area (Å²) in [6, 6.07) is 6.53. The zero-order valence-corrected chi connectivity index (χ0v) is 27.7. The van der Waals surface area contributed by atoms with Crippen molar-refractivity contribution in [2.75, 3.05) is 26.6 Å². The number of rotatable bonds is 10. The number of halogens is 6. The highest BCUT2D eigenvalue weighted by Crippen LogP contribution is 2.35. The van der Waals surface area contributed by atoms with Crippen LogP contribution < -0.4 is 24.2 Å². The molecule has 270 valence electrons. The predicted molar refractivity (Wildman–Crippen MR) is 164 cm³/mol. The molecule has 1 aromatic carbocycles. The number of hydrogen-bond donors (Lipinski definition) is 2. The molecular weight excluding hydrogens is 716 g/mol. The number of nitrogens with zero attached hydrogens (tertiary/aromatic N) is 7. The summed E-state index contributed by atoms with van der Waals surface area (Å²) < 4.78 is 126. The van der Waals surface area contributed by atoms with Crippen molar-refractivity contribution < 1.29 is 53.8 Å². The zero-order chi connectivity index (χ0) is 37.5. The summed E-state index contributed by atoms with van der Waals surface area (Å²) in [5, 5.41) is 9.72. The number of hydrogen-bond acceptors (Lipinski definition) is 12. The molecule has 51 heavy (non-hydrogen) atoms. The summed E-state index contributed by atoms with van der Waals surface area (Å²) >= 11 is 0. The number of amides is 1. The topological polar surface area (TPSA) is 177 Å². The Hall–Kier alpha value is -5.93. The van der Waals surface area contributed by atoms with Gasteiger partial charge in [-0.1, -0.05) is 0 Å². The Morgan fingerprint density at radius 1 is 0.863 bits per heavy atom. The lowest BCUT2D eigenvalue weighted by molar-refractivity contribution is -0.143. The van der Waals surface area contributed by atoms with Gasteiger partial charge in [0.2, 0.25) is 11.8 Å². The van der Waals surface area contributed by atoms with E-state index in [-0.39, 0.29) is 28.6 Å². The van der Waals surface area contributed by atoms with E-state index >= 15 is 0 Å². The molecule has 22 heteroatoms. The van der Waals surface area contributed by atoms with Gasteiger partial charge in [-0.25, -0.2) is 27.8 Å². The van der Waals surface area contributed by atoms with Crippen molar-refractivity contribution in [2.24, 2.45) is 7.05 Å². The minimum atomic E-state index is -5.18. The average Bonchev–Trinajstić information content (AvgIpc) is 3.67. The zero-order valence-electron chi connectivity index (χ0n) is 26.9. The summed E-state index contributed by atoms with van der Waals surface area (Å²) in [7, 11) is -0.186. The minimum absolute atomic E-state index is 0.0151. The third-order valence-corrected chi connectivity index (χ3v) is 8.27. The van der Waals surface area contributed by atoms with Crippen LogP contribution in [-0.4, -0.2) is 70.2 Å². The molecule has 5 aromatic rings. The number of nitrogens with one attached hydrogen (secondary N) is 2. The van der Waals surface area contributed by atoms with E-state index in [0.717, 1.165) is 37.2 Å². The normalized spacial score (nSPS) is 12.1. The molecule has 4 heterocycles. The molecule has 0 aliphatic rings. The molecular formula is C29H25F6N9O6S. The molecule has 15 nitrogen and oxygen atoms in total. The fourth-order valence-electron chi connectivity index (χ4n) is 4.65. The highest BCUT2D eigenvalue weighted by Gasteiger charge is 2.42. The smallest absolute Gasteiger partial charge is 0.436 e. The quantitative estimate of drug-likeness (QED) is 0.189. The van der Waals surface area contributed by atoms with Crippen LogP contribution in [0.1, 0.15) is 27.4 Å². The van der Waals surface area contributed by atoms with Gasteiger partial charge in [0.05, 0.1) is 21.3 Å². The van der Waals surface area contributed by atoms with Gasteiger partial charge in [0.15, 0.2) is 17.2 Å². The monoisotopic (exact) mass is 741 g/mol. The first-order valence-electron chi connectivity index (χ1n) is 14.1. The minimum Gasteiger partial charge on any atom is -0.497 e. The Morgan fingerprint density at radius 2 is 1.53 bits per heavy atom. The molecule has 0 bridgehead atoms. The number of sulfonamides is 1. The first-order valence-corrected chi connectivity index (χ1v) is 15.6. The molecule has 4 aromatic heterocycles. The number of aryl methyl sites for hydroxylation is 2. The molecule has 0 fully saturated rings. The van der Waals surface area contributed by atoms with Gasteiger partial charge in [-0.15, -0.1) is 0 Å². The Morgan fingerprint density at radius 3 is 2.10 bits per heavy atom. The summed E-state index contributed by atoms with van der Waals surface area (Å²) in [4.78, 5) is 24.6. The number of aromatic nitrogens is 7. The fraction of sp³-hybridized carbons (Fsp3) is 0.241. The van der Waals surface area contributed by atoms with Gasteiger partial charge >= 0.3 is 12.4 Å². The standard InChI is InChI=1S/C29H25F6N9O6S/c1-14-6-22(28(30,31)32)40-44(14)24-20(12-37-27(39-24)38-16-8-17(48-3)10-18(9-16)49-4)15-7-19(26(50-5)36-11-15)25(45)42-51(46,47)21-13-43(2)41-23(21)29(33,34)35/h6-13H,1-5H3,(H,42,45)(H,37,38,39). The van der Waals surface area contributed by atoms with Crippen LogP contribution in [0.5, 0.6) is 17.4 Å². The molecule has 5 rings (SSSR count). The lowest BCUT2D eigenvalue weighted by Crippen LogP contribution is -2.32. The van der Waals surface area contributed by atoms with Crippen LogP contribution >= 0.6 is 0 Å². The highest BCUT2D eigenvalue weighted by atomic mass is 32.2. The van der Waals surface area contributed by atoms with E-state index in [2.05, 4.69) is 30.5 Å². The van der Waals surface area contributed by atoms with Gasteiger partial charge in [0.1, 0.15) is 22.0 Å². The third-order valence-electron chi connectivity index (χ3n) is 6.94. The van der Waals surface area contributed by atoms with E-state index in [4.69, 9.17) is 14.2 Å². The van der Waals surface area contributed by atoms with E-state index in [9.17, 15) is 39.6 Å². The second kappa shape index (κ2) is 13.4. The van der Waals surface area contributed by atoms with Crippen LogP contribution in [0.3, 0.4) is 0 Å². The van der Waals surface area contributed by atoms with Crippen LogP contribution in [0, 0.1) is 6.92 Å². The number of carbonyl (C=O) groups excluding carboxylic acids is 1. The van der Waals surface area contributed by atoms with Gasteiger partial charge in [-0.2, -0.15) is 41.5 Å². The number of anilines is 2. The van der Waals surface area contributed by atoms with E-state index in [1.807, 2.05) is 0 Å². The molecule has 0 unspecified atom stereocenters. The van der Waals surface area contributed by atoms with Crippen molar-refractivity contribution in [3.05, 3.63) is 71.6 Å². The Bertz CT molecular complexity index is 2210. The van der Waals surface area contributed by atoms with Crippen molar-refractivity contribution in [3.63, 3.8) is 0 Å². The predicted octanol–water partition coefficient (Wildman–Crippen LogP) is 4.69. The summed E-state index contributed by atoms with van der Waals surface area (Å²) in [5.41, 5.74) is -3.35. The van der Waals surface area contributed by atoms with Crippen LogP contribution in [0.15, 0.2) is 53.8 Å². The van der Waals surface area contributed by atoms with Crippen LogP contribution in [0.25, 0.3) is 16.9 Å². The summed E-state index contributed by atoms with van der Waals surface area (Å²) in [6.07, 6.45) is -7.16. The SMILES string of the molecule is COc1cc(Nc2ncc(-c3cnc(OC)c(C(=O)NS(=O)(=O)c4cn(C)nc4C(F)(F)F)c3)c(-n3nc(C(F)(F)F)cc3C)n2)cc(OC)c1. The molecule has 0 saturated heterocycles. The Balaban J connectivity index is 1.61. The summed E-state index contributed by atoms with van der Waals surface area (Å²) in [6.45, 7) is 1.33. The van der Waals surface area contributed by atoms with Crippen molar-refractivity contribution in [2.45, 2.75) is 24.2 Å². The van der Waals surface area contributed by atoms with Gasteiger partial charge in [0.25, 0.3) is 15.9 Å². The maximum absolute atomic E-state index is 13.7. The van der Waals surface area contributed by atoms with Crippen molar-refractivity contribution in [1.29, 1.82) is 0 Å². The third kappa shape index (κ3) is 7.64. The highest BCUT2D eigenvalue weighted by molar-refractivity contribution is 7.90. The second-order valence-corrected chi connectivity index (χ2v) is 12.1. The molecule has 0 spiro atoms. The number of ether oxygens (including phenoxy) is 3. The largest absolute Gasteiger partial charge is 0.497 e. The number of pyridine rings is 1. The van der Waals surface area contributed by atoms with Gasteiger partial charge in [-0.05, 0) is 19.1 Å². The van der Waals surface area contributed by atoms with Crippen LogP contribution in [0.4, 0.5) is 38.0 Å². The molecule has 0 atom stereocenters. The van der Waals surface area contributed by atoms with Crippen molar-refractivity contribution >= 4 is 27.6 Å². The second-order valence-electron chi connectivity index (χ2n) is 10.5. The van der Waals surface area contributed by atoms with Gasteiger partial charge in [0, 0.05) is 66.3 Å². The maximum Gasteiger partial charge on any atom is 0.436 e. The molecule has 0 radical (unpaired) electrons. The van der Waals surface area contributed by atoms with Gasteiger partial charge < -0.3 is 19.5 Å². The van der Waals surface area contributed by atoms with Gasteiger partial charge in [-0.3, -0.25) is 9.48 Å². The number of benzene rings is 1. The van der Waals surface area contributed by atoms with E-state index in [1.165, 1.54) is 27.3 Å². The molecule has 0 aliphatic heterocycles. The van der Waals surface area contributed by atoms with E-state index in [0.29, 0.717) is 28.1 Å². The lowest BCUT2D eigenvalue weighted by Gasteiger charge is -2.15. The average molecular weight is 742 g/mol. The van der Waals surface area contributed by atoms with E-state index < -0.39 is 56.0 Å². The fourth-order valence-corrected chi connectivity index (χ4v) is 5.82. The van der Waals surface area contributed by atoms with Crippen molar-refractivity contribution in [1.82, 2.24) is 39.2 Å². The number of alkyl halides is 6. The maximum atomic E-state index is 13.7. The van der Waals surface area contributed by atoms with E-state index in [1.54, 1.807) is 22.9 Å². The van der Waals surface area contributed by atoms with Crippen LogP contribution in [0.2, 0.25) is 0 Å². The number of methoxy groups -OCH3 is 3. The molecule has 1 amide bonds. The Kier molecular flexibility index (Phi) is 9.56. The lowest BCUT2D eigenvalue weighted by atomic mass is 10.1. The Labute approximate surface area is 284 Å². The first-order chi connectivity index (χ1) is 23.8. The molecule has 0 aliphatic carbocycles. The number of carbonyl (C=O) groups is 1. The van der Waals surface area contributed by atoms with Crippen LogP contribution in [-0.2, 0) is 29.4 Å². The molecule has 2 N–H and O–H groups in total.